The second-order valence-electron chi connectivity index (χ2n) is 5.32. The predicted molar refractivity (Wildman–Crippen MR) is 79.7 cm³/mol. The van der Waals surface area contributed by atoms with Crippen molar-refractivity contribution >= 4 is 23.2 Å². The van der Waals surface area contributed by atoms with Crippen LogP contribution in [-0.4, -0.2) is 12.6 Å². The predicted octanol–water partition coefficient (Wildman–Crippen LogP) is 4.58. The van der Waals surface area contributed by atoms with E-state index in [0.717, 1.165) is 19.4 Å². The Hall–Kier alpha value is -0.500. The minimum atomic E-state index is 0.137. The van der Waals surface area contributed by atoms with Crippen molar-refractivity contribution in [2.75, 3.05) is 6.54 Å². The van der Waals surface area contributed by atoms with Crippen molar-refractivity contribution < 1.29 is 0 Å². The van der Waals surface area contributed by atoms with Crippen LogP contribution in [0.4, 0.5) is 0 Å². The molecule has 0 atom stereocenters. The molecule has 0 amide bonds. The summed E-state index contributed by atoms with van der Waals surface area (Å²) in [6, 6.07) is 6.50. The molecule has 0 aromatic heterocycles. The molecular formula is C15H19Cl2N. The first kappa shape index (κ1) is 13.9. The highest BCUT2D eigenvalue weighted by Crippen LogP contribution is 2.38. The smallest absolute Gasteiger partial charge is 0.0595 e. The molecule has 1 N–H and O–H groups in total. The molecule has 3 heteroatoms. The van der Waals surface area contributed by atoms with Gasteiger partial charge < -0.3 is 5.32 Å². The van der Waals surface area contributed by atoms with Gasteiger partial charge in [0.15, 0.2) is 0 Å². The largest absolute Gasteiger partial charge is 0.314 e. The standard InChI is InChI=1S/C15H19Cl2N/c1-11(2)18-10-15(7-3-4-8-15)12-5-6-13(16)14(17)9-12/h3-6,9,11,18H,7-8,10H2,1-2H3. The molecule has 2 rings (SSSR count). The van der Waals surface area contributed by atoms with Crippen LogP contribution in [0.3, 0.4) is 0 Å². The maximum absolute atomic E-state index is 6.14. The Balaban J connectivity index is 2.26. The van der Waals surface area contributed by atoms with Crippen molar-refractivity contribution in [3.8, 4) is 0 Å². The fourth-order valence-corrected chi connectivity index (χ4v) is 2.71. The fourth-order valence-electron chi connectivity index (χ4n) is 2.41. The lowest BCUT2D eigenvalue weighted by atomic mass is 9.78. The highest BCUT2D eigenvalue weighted by atomic mass is 35.5. The van der Waals surface area contributed by atoms with Crippen LogP contribution in [-0.2, 0) is 5.41 Å². The third-order valence-electron chi connectivity index (χ3n) is 3.56. The molecule has 1 aromatic rings. The minimum absolute atomic E-state index is 0.137. The first-order chi connectivity index (χ1) is 8.53. The second-order valence-corrected chi connectivity index (χ2v) is 6.14. The molecule has 0 aliphatic heterocycles. The van der Waals surface area contributed by atoms with E-state index in [2.05, 4.69) is 37.4 Å². The van der Waals surface area contributed by atoms with E-state index in [1.807, 2.05) is 12.1 Å². The molecule has 0 fully saturated rings. The van der Waals surface area contributed by atoms with Crippen molar-refractivity contribution in [3.63, 3.8) is 0 Å². The first-order valence-corrected chi connectivity index (χ1v) is 7.13. The van der Waals surface area contributed by atoms with Gasteiger partial charge in [0.05, 0.1) is 10.0 Å². The van der Waals surface area contributed by atoms with Crippen LogP contribution in [0.2, 0.25) is 10.0 Å². The van der Waals surface area contributed by atoms with E-state index in [4.69, 9.17) is 23.2 Å². The monoisotopic (exact) mass is 283 g/mol. The lowest BCUT2D eigenvalue weighted by Crippen LogP contribution is -2.39. The first-order valence-electron chi connectivity index (χ1n) is 6.37. The van der Waals surface area contributed by atoms with Crippen LogP contribution < -0.4 is 5.32 Å². The molecule has 0 heterocycles. The second kappa shape index (κ2) is 5.64. The van der Waals surface area contributed by atoms with Gasteiger partial charge in [-0.2, -0.15) is 0 Å². The molecule has 18 heavy (non-hydrogen) atoms. The van der Waals surface area contributed by atoms with Crippen molar-refractivity contribution in [3.05, 3.63) is 46.0 Å². The van der Waals surface area contributed by atoms with Crippen molar-refractivity contribution in [1.29, 1.82) is 0 Å². The number of nitrogens with one attached hydrogen (secondary N) is 1. The number of hydrogen-bond donors (Lipinski definition) is 1. The Kier molecular flexibility index (Phi) is 4.37. The van der Waals surface area contributed by atoms with Crippen molar-refractivity contribution in [2.24, 2.45) is 0 Å². The van der Waals surface area contributed by atoms with E-state index < -0.39 is 0 Å². The Morgan fingerprint density at radius 1 is 1.17 bits per heavy atom. The van der Waals surface area contributed by atoms with E-state index >= 15 is 0 Å². The van der Waals surface area contributed by atoms with E-state index in [1.54, 1.807) is 0 Å². The summed E-state index contributed by atoms with van der Waals surface area (Å²) in [5.41, 5.74) is 1.41. The average molecular weight is 284 g/mol. The molecule has 0 saturated heterocycles. The highest BCUT2D eigenvalue weighted by Gasteiger charge is 2.33. The van der Waals surface area contributed by atoms with Gasteiger partial charge in [0.25, 0.3) is 0 Å². The van der Waals surface area contributed by atoms with Crippen LogP contribution in [0.5, 0.6) is 0 Å². The van der Waals surface area contributed by atoms with Crippen LogP contribution in [0.15, 0.2) is 30.4 Å². The van der Waals surface area contributed by atoms with Gasteiger partial charge in [-0.25, -0.2) is 0 Å². The molecule has 1 nitrogen and oxygen atoms in total. The van der Waals surface area contributed by atoms with Crippen LogP contribution in [0.25, 0.3) is 0 Å². The van der Waals surface area contributed by atoms with Gasteiger partial charge >= 0.3 is 0 Å². The fraction of sp³-hybridized carbons (Fsp3) is 0.467. The summed E-state index contributed by atoms with van der Waals surface area (Å²) in [6.07, 6.45) is 6.63. The summed E-state index contributed by atoms with van der Waals surface area (Å²) in [7, 11) is 0. The Labute approximate surface area is 119 Å². The van der Waals surface area contributed by atoms with Crippen molar-refractivity contribution in [1.82, 2.24) is 5.32 Å². The molecule has 0 spiro atoms. The topological polar surface area (TPSA) is 12.0 Å². The lowest BCUT2D eigenvalue weighted by molar-refractivity contribution is 0.399. The zero-order valence-corrected chi connectivity index (χ0v) is 12.4. The molecule has 98 valence electrons. The maximum atomic E-state index is 6.14. The lowest BCUT2D eigenvalue weighted by Gasteiger charge is -2.31. The molecule has 1 aromatic carbocycles. The molecular weight excluding hydrogens is 265 g/mol. The van der Waals surface area contributed by atoms with E-state index in [1.165, 1.54) is 5.56 Å². The number of halogens is 2. The summed E-state index contributed by atoms with van der Waals surface area (Å²) in [4.78, 5) is 0. The molecule has 0 saturated carbocycles. The number of hydrogen-bond acceptors (Lipinski definition) is 1. The Morgan fingerprint density at radius 2 is 1.83 bits per heavy atom. The average Bonchev–Trinajstić information content (AvgIpc) is 2.80. The van der Waals surface area contributed by atoms with Gasteiger partial charge in [0.2, 0.25) is 0 Å². The SMILES string of the molecule is CC(C)NCC1(c2ccc(Cl)c(Cl)c2)CC=CC1. The third kappa shape index (κ3) is 2.90. The van der Waals surface area contributed by atoms with Crippen LogP contribution in [0, 0.1) is 0 Å². The van der Waals surface area contributed by atoms with Crippen LogP contribution in [0.1, 0.15) is 32.3 Å². The molecule has 1 aliphatic rings. The van der Waals surface area contributed by atoms with E-state index in [-0.39, 0.29) is 5.41 Å². The minimum Gasteiger partial charge on any atom is -0.314 e. The maximum Gasteiger partial charge on any atom is 0.0595 e. The number of rotatable bonds is 4. The summed E-state index contributed by atoms with van der Waals surface area (Å²) >= 11 is 12.1. The Morgan fingerprint density at radius 3 is 2.39 bits per heavy atom. The van der Waals surface area contributed by atoms with E-state index in [0.29, 0.717) is 16.1 Å². The molecule has 0 radical (unpaired) electrons. The summed E-state index contributed by atoms with van der Waals surface area (Å²) in [5.74, 6) is 0. The quantitative estimate of drug-likeness (QED) is 0.798. The van der Waals surface area contributed by atoms with Crippen molar-refractivity contribution in [2.45, 2.75) is 38.1 Å². The summed E-state index contributed by atoms with van der Waals surface area (Å²) in [6.45, 7) is 5.31. The van der Waals surface area contributed by atoms with Gasteiger partial charge in [-0.3, -0.25) is 0 Å². The van der Waals surface area contributed by atoms with Gasteiger partial charge in [-0.1, -0.05) is 55.3 Å². The third-order valence-corrected chi connectivity index (χ3v) is 4.30. The molecule has 0 unspecified atom stereocenters. The Bertz CT molecular complexity index is 444. The zero-order chi connectivity index (χ0) is 13.2. The zero-order valence-electron chi connectivity index (χ0n) is 10.8. The number of allylic oxidation sites excluding steroid dienone is 2. The molecule has 0 bridgehead atoms. The molecule has 1 aliphatic carbocycles. The van der Waals surface area contributed by atoms with E-state index in [9.17, 15) is 0 Å². The van der Waals surface area contributed by atoms with Gasteiger partial charge in [-0.15, -0.1) is 0 Å². The normalized spacial score (nSPS) is 17.6. The number of benzene rings is 1. The van der Waals surface area contributed by atoms with Gasteiger partial charge in [-0.05, 0) is 30.5 Å². The van der Waals surface area contributed by atoms with Gasteiger partial charge in [0.1, 0.15) is 0 Å². The summed E-state index contributed by atoms with van der Waals surface area (Å²) < 4.78 is 0. The highest BCUT2D eigenvalue weighted by molar-refractivity contribution is 6.42. The summed E-state index contributed by atoms with van der Waals surface area (Å²) in [5, 5.41) is 4.81. The van der Waals surface area contributed by atoms with Crippen LogP contribution >= 0.6 is 23.2 Å². The van der Waals surface area contributed by atoms with Gasteiger partial charge in [0, 0.05) is 18.0 Å².